The van der Waals surface area contributed by atoms with E-state index >= 15 is 0 Å². The van der Waals surface area contributed by atoms with Crippen LogP contribution < -0.4 is 5.32 Å². The summed E-state index contributed by atoms with van der Waals surface area (Å²) in [6, 6.07) is 7.91. The Hall–Kier alpha value is -2.20. The van der Waals surface area contributed by atoms with Gasteiger partial charge in [-0.3, -0.25) is 10.1 Å². The van der Waals surface area contributed by atoms with E-state index in [0.717, 1.165) is 5.56 Å². The summed E-state index contributed by atoms with van der Waals surface area (Å²) in [5.74, 6) is -0.251. The van der Waals surface area contributed by atoms with Gasteiger partial charge in [-0.25, -0.2) is 0 Å². The summed E-state index contributed by atoms with van der Waals surface area (Å²) in [5, 5.41) is 3.04. The molecule has 21 heavy (non-hydrogen) atoms. The number of nitrogens with one attached hydrogen (secondary N) is 1. The molecule has 0 saturated heterocycles. The highest BCUT2D eigenvalue weighted by molar-refractivity contribution is 7.80. The fourth-order valence-corrected chi connectivity index (χ4v) is 1.88. The van der Waals surface area contributed by atoms with Crippen LogP contribution in [0.25, 0.3) is 6.08 Å². The van der Waals surface area contributed by atoms with E-state index in [2.05, 4.69) is 18.5 Å². The SMILES string of the molecule is C=CCN(CC=C)C(=S)NC(=O)/C=C/c1ccc(C)cc1. The number of carbonyl (C=O) groups excluding carboxylic acids is 1. The van der Waals surface area contributed by atoms with Gasteiger partial charge in [0.2, 0.25) is 5.91 Å². The molecule has 1 aromatic carbocycles. The number of benzene rings is 1. The Morgan fingerprint density at radius 3 is 2.33 bits per heavy atom. The van der Waals surface area contributed by atoms with E-state index in [1.165, 1.54) is 11.6 Å². The van der Waals surface area contributed by atoms with Gasteiger partial charge in [-0.15, -0.1) is 13.2 Å². The minimum Gasteiger partial charge on any atom is -0.342 e. The van der Waals surface area contributed by atoms with Gasteiger partial charge in [-0.1, -0.05) is 42.0 Å². The van der Waals surface area contributed by atoms with Crippen molar-refractivity contribution in [3.8, 4) is 0 Å². The number of aryl methyl sites for hydroxylation is 1. The van der Waals surface area contributed by atoms with Crippen LogP contribution >= 0.6 is 12.2 Å². The fourth-order valence-electron chi connectivity index (χ4n) is 1.63. The molecule has 0 bridgehead atoms. The van der Waals surface area contributed by atoms with E-state index in [0.29, 0.717) is 18.2 Å². The van der Waals surface area contributed by atoms with Gasteiger partial charge in [0.05, 0.1) is 0 Å². The summed E-state index contributed by atoms with van der Waals surface area (Å²) < 4.78 is 0. The monoisotopic (exact) mass is 300 g/mol. The molecule has 0 radical (unpaired) electrons. The van der Waals surface area contributed by atoms with E-state index in [4.69, 9.17) is 12.2 Å². The molecule has 0 aromatic heterocycles. The molecule has 3 nitrogen and oxygen atoms in total. The lowest BCUT2D eigenvalue weighted by atomic mass is 10.1. The van der Waals surface area contributed by atoms with Crippen molar-refractivity contribution in [1.29, 1.82) is 0 Å². The normalized spacial score (nSPS) is 10.1. The molecule has 1 N–H and O–H groups in total. The van der Waals surface area contributed by atoms with Crippen LogP contribution in [0.4, 0.5) is 0 Å². The predicted molar refractivity (Wildman–Crippen MR) is 92.9 cm³/mol. The first kappa shape index (κ1) is 16.9. The van der Waals surface area contributed by atoms with Crippen molar-refractivity contribution in [2.75, 3.05) is 13.1 Å². The number of carbonyl (C=O) groups is 1. The lowest BCUT2D eigenvalue weighted by Crippen LogP contribution is -2.42. The Labute approximate surface area is 131 Å². The summed E-state index contributed by atoms with van der Waals surface area (Å²) in [6.45, 7) is 10.5. The summed E-state index contributed by atoms with van der Waals surface area (Å²) in [5.41, 5.74) is 2.15. The van der Waals surface area contributed by atoms with Crippen molar-refractivity contribution in [1.82, 2.24) is 10.2 Å². The zero-order chi connectivity index (χ0) is 15.7. The number of hydrogen-bond acceptors (Lipinski definition) is 2. The van der Waals surface area contributed by atoms with Crippen LogP contribution in [0.3, 0.4) is 0 Å². The van der Waals surface area contributed by atoms with Crippen LogP contribution in [0.15, 0.2) is 55.7 Å². The molecule has 0 heterocycles. The second-order valence-corrected chi connectivity index (χ2v) is 4.91. The van der Waals surface area contributed by atoms with Crippen LogP contribution in [0, 0.1) is 6.92 Å². The Morgan fingerprint density at radius 2 is 1.81 bits per heavy atom. The van der Waals surface area contributed by atoms with Crippen LogP contribution in [0.2, 0.25) is 0 Å². The molecule has 0 unspecified atom stereocenters. The quantitative estimate of drug-likeness (QED) is 0.498. The summed E-state index contributed by atoms with van der Waals surface area (Å²) in [4.78, 5) is 13.6. The zero-order valence-electron chi connectivity index (χ0n) is 12.2. The lowest BCUT2D eigenvalue weighted by Gasteiger charge is -2.21. The highest BCUT2D eigenvalue weighted by Crippen LogP contribution is 2.04. The van der Waals surface area contributed by atoms with E-state index in [9.17, 15) is 4.79 Å². The standard InChI is InChI=1S/C17H20N2OS/c1-4-12-19(13-5-2)17(21)18-16(20)11-10-15-8-6-14(3)7-9-15/h4-11H,1-2,12-13H2,3H3,(H,18,20,21)/b11-10+. The molecule has 1 amide bonds. The number of amides is 1. The zero-order valence-corrected chi connectivity index (χ0v) is 13.0. The van der Waals surface area contributed by atoms with Crippen molar-refractivity contribution >= 4 is 29.3 Å². The number of thiocarbonyl (C=S) groups is 1. The third-order valence-corrected chi connectivity index (χ3v) is 3.08. The molecule has 0 aliphatic carbocycles. The molecule has 0 spiro atoms. The Morgan fingerprint density at radius 1 is 1.24 bits per heavy atom. The maximum atomic E-state index is 11.8. The Balaban J connectivity index is 2.59. The van der Waals surface area contributed by atoms with Gasteiger partial charge in [-0.05, 0) is 30.8 Å². The predicted octanol–water partition coefficient (Wildman–Crippen LogP) is 3.08. The van der Waals surface area contributed by atoms with Crippen LogP contribution in [0.1, 0.15) is 11.1 Å². The minimum absolute atomic E-state index is 0.251. The average Bonchev–Trinajstić information content (AvgIpc) is 2.46. The first-order chi connectivity index (χ1) is 10.1. The van der Waals surface area contributed by atoms with E-state index in [-0.39, 0.29) is 5.91 Å². The second kappa shape index (κ2) is 8.87. The van der Waals surface area contributed by atoms with Crippen molar-refractivity contribution in [2.45, 2.75) is 6.92 Å². The van der Waals surface area contributed by atoms with E-state index < -0.39 is 0 Å². The van der Waals surface area contributed by atoms with Crippen molar-refractivity contribution in [2.24, 2.45) is 0 Å². The van der Waals surface area contributed by atoms with Gasteiger partial charge >= 0.3 is 0 Å². The van der Waals surface area contributed by atoms with Gasteiger partial charge in [0.15, 0.2) is 5.11 Å². The third-order valence-electron chi connectivity index (χ3n) is 2.72. The highest BCUT2D eigenvalue weighted by Gasteiger charge is 2.08. The van der Waals surface area contributed by atoms with E-state index in [1.807, 2.05) is 31.2 Å². The molecule has 4 heteroatoms. The Bertz CT molecular complexity index is 536. The third kappa shape index (κ3) is 6.19. The second-order valence-electron chi connectivity index (χ2n) is 4.52. The fraction of sp³-hybridized carbons (Fsp3) is 0.176. The van der Waals surface area contributed by atoms with Gasteiger partial charge in [-0.2, -0.15) is 0 Å². The molecule has 0 aliphatic heterocycles. The van der Waals surface area contributed by atoms with Crippen LogP contribution in [-0.2, 0) is 4.79 Å². The molecule has 0 fully saturated rings. The molecule has 0 saturated carbocycles. The smallest absolute Gasteiger partial charge is 0.250 e. The number of rotatable bonds is 6. The average molecular weight is 300 g/mol. The summed E-state index contributed by atoms with van der Waals surface area (Å²) in [7, 11) is 0. The first-order valence-electron chi connectivity index (χ1n) is 6.63. The minimum atomic E-state index is -0.251. The molecule has 1 aromatic rings. The molecule has 0 atom stereocenters. The van der Waals surface area contributed by atoms with Gasteiger partial charge in [0.1, 0.15) is 0 Å². The molecular weight excluding hydrogens is 280 g/mol. The molecule has 1 rings (SSSR count). The molecule has 0 aliphatic rings. The highest BCUT2D eigenvalue weighted by atomic mass is 32.1. The molecule has 110 valence electrons. The number of nitrogens with zero attached hydrogens (tertiary/aromatic N) is 1. The van der Waals surface area contributed by atoms with E-state index in [1.54, 1.807) is 23.1 Å². The van der Waals surface area contributed by atoms with Gasteiger partial charge < -0.3 is 4.90 Å². The van der Waals surface area contributed by atoms with Gasteiger partial charge in [0, 0.05) is 19.2 Å². The number of hydrogen-bond donors (Lipinski definition) is 1. The largest absolute Gasteiger partial charge is 0.342 e. The van der Waals surface area contributed by atoms with Gasteiger partial charge in [0.25, 0.3) is 0 Å². The van der Waals surface area contributed by atoms with Crippen LogP contribution in [-0.4, -0.2) is 29.0 Å². The lowest BCUT2D eigenvalue weighted by molar-refractivity contribution is -0.115. The molecular formula is C17H20N2OS. The Kier molecular flexibility index (Phi) is 7.12. The maximum absolute atomic E-state index is 11.8. The topological polar surface area (TPSA) is 32.3 Å². The van der Waals surface area contributed by atoms with Crippen molar-refractivity contribution in [3.05, 3.63) is 66.8 Å². The summed E-state index contributed by atoms with van der Waals surface area (Å²) >= 11 is 5.20. The van der Waals surface area contributed by atoms with Crippen molar-refractivity contribution < 1.29 is 4.79 Å². The summed E-state index contributed by atoms with van der Waals surface area (Å²) in [6.07, 6.45) is 6.67. The first-order valence-corrected chi connectivity index (χ1v) is 7.04. The van der Waals surface area contributed by atoms with Crippen LogP contribution in [0.5, 0.6) is 0 Å². The maximum Gasteiger partial charge on any atom is 0.250 e. The van der Waals surface area contributed by atoms with Crippen molar-refractivity contribution in [3.63, 3.8) is 0 Å².